The first kappa shape index (κ1) is 9.61. The quantitative estimate of drug-likeness (QED) is 0.814. The van der Waals surface area contributed by atoms with E-state index in [0.717, 1.165) is 19.4 Å². The summed E-state index contributed by atoms with van der Waals surface area (Å²) in [6, 6.07) is 0. The van der Waals surface area contributed by atoms with Crippen LogP contribution in [0.2, 0.25) is 0 Å². The number of hydrogen-bond donors (Lipinski definition) is 1. The van der Waals surface area contributed by atoms with E-state index in [0.29, 0.717) is 12.2 Å². The van der Waals surface area contributed by atoms with E-state index >= 15 is 0 Å². The standard InChI is InChI=1S/C9H12N2O2S/c12-9(8-5-14-6-11-8)10-4-7-2-1-3-13-7/h5-7H,1-4H2,(H,10,12). The van der Waals surface area contributed by atoms with Crippen molar-refractivity contribution in [2.45, 2.75) is 18.9 Å². The van der Waals surface area contributed by atoms with Crippen molar-refractivity contribution in [3.05, 3.63) is 16.6 Å². The predicted octanol–water partition coefficient (Wildman–Crippen LogP) is 1.05. The molecule has 0 radical (unpaired) electrons. The van der Waals surface area contributed by atoms with E-state index in [4.69, 9.17) is 4.74 Å². The molecule has 2 heterocycles. The molecule has 1 aliphatic rings. The smallest absolute Gasteiger partial charge is 0.270 e. The summed E-state index contributed by atoms with van der Waals surface area (Å²) in [5.74, 6) is -0.109. The second kappa shape index (κ2) is 4.52. The predicted molar refractivity (Wildman–Crippen MR) is 53.4 cm³/mol. The summed E-state index contributed by atoms with van der Waals surface area (Å²) in [5.41, 5.74) is 2.15. The molecule has 1 aromatic heterocycles. The van der Waals surface area contributed by atoms with Gasteiger partial charge in [0.1, 0.15) is 5.69 Å². The lowest BCUT2D eigenvalue weighted by atomic mass is 10.2. The minimum atomic E-state index is -0.109. The number of nitrogens with one attached hydrogen (secondary N) is 1. The molecule has 0 aromatic carbocycles. The highest BCUT2D eigenvalue weighted by Crippen LogP contribution is 2.10. The van der Waals surface area contributed by atoms with Gasteiger partial charge in [0, 0.05) is 18.5 Å². The Labute approximate surface area is 86.3 Å². The molecule has 1 atom stereocenters. The van der Waals surface area contributed by atoms with E-state index in [-0.39, 0.29) is 12.0 Å². The van der Waals surface area contributed by atoms with Crippen molar-refractivity contribution in [1.29, 1.82) is 0 Å². The number of thiazole rings is 1. The minimum Gasteiger partial charge on any atom is -0.376 e. The molecule has 1 saturated heterocycles. The SMILES string of the molecule is O=C(NCC1CCCO1)c1cscn1. The monoisotopic (exact) mass is 212 g/mol. The normalized spacial score (nSPS) is 21.0. The minimum absolute atomic E-state index is 0.109. The highest BCUT2D eigenvalue weighted by atomic mass is 32.1. The lowest BCUT2D eigenvalue weighted by Crippen LogP contribution is -2.31. The number of carbonyl (C=O) groups is 1. The molecule has 2 rings (SSSR count). The molecule has 5 heteroatoms. The molecule has 1 unspecified atom stereocenters. The van der Waals surface area contributed by atoms with Crippen LogP contribution in [0.25, 0.3) is 0 Å². The van der Waals surface area contributed by atoms with Gasteiger partial charge < -0.3 is 10.1 Å². The first-order valence-corrected chi connectivity index (χ1v) is 5.58. The maximum Gasteiger partial charge on any atom is 0.270 e. The van der Waals surface area contributed by atoms with Gasteiger partial charge in [-0.25, -0.2) is 4.98 Å². The van der Waals surface area contributed by atoms with Gasteiger partial charge in [-0.15, -0.1) is 11.3 Å². The van der Waals surface area contributed by atoms with E-state index in [1.165, 1.54) is 11.3 Å². The number of hydrogen-bond acceptors (Lipinski definition) is 4. The van der Waals surface area contributed by atoms with Crippen LogP contribution < -0.4 is 5.32 Å². The highest BCUT2D eigenvalue weighted by Gasteiger charge is 2.16. The second-order valence-corrected chi connectivity index (χ2v) is 3.94. The Kier molecular flexibility index (Phi) is 3.10. The van der Waals surface area contributed by atoms with Gasteiger partial charge in [-0.05, 0) is 12.8 Å². The van der Waals surface area contributed by atoms with Crippen molar-refractivity contribution in [2.75, 3.05) is 13.2 Å². The van der Waals surface area contributed by atoms with E-state index in [1.54, 1.807) is 10.9 Å². The molecule has 14 heavy (non-hydrogen) atoms. The van der Waals surface area contributed by atoms with Gasteiger partial charge >= 0.3 is 0 Å². The topological polar surface area (TPSA) is 51.2 Å². The Balaban J connectivity index is 1.78. The molecule has 76 valence electrons. The van der Waals surface area contributed by atoms with Crippen LogP contribution in [0.15, 0.2) is 10.9 Å². The van der Waals surface area contributed by atoms with Gasteiger partial charge in [0.05, 0.1) is 11.6 Å². The summed E-state index contributed by atoms with van der Waals surface area (Å²) in [5, 5.41) is 4.55. The van der Waals surface area contributed by atoms with E-state index in [1.807, 2.05) is 0 Å². The third-order valence-corrected chi connectivity index (χ3v) is 2.77. The first-order valence-electron chi connectivity index (χ1n) is 4.64. The summed E-state index contributed by atoms with van der Waals surface area (Å²) in [4.78, 5) is 15.4. The summed E-state index contributed by atoms with van der Waals surface area (Å²) in [6.07, 6.45) is 2.33. The average Bonchev–Trinajstić information content (AvgIpc) is 2.87. The molecule has 0 bridgehead atoms. The summed E-state index contributed by atoms with van der Waals surface area (Å²) in [6.45, 7) is 1.41. The Morgan fingerprint density at radius 1 is 1.79 bits per heavy atom. The molecular weight excluding hydrogens is 200 g/mol. The van der Waals surface area contributed by atoms with Crippen LogP contribution in [0.3, 0.4) is 0 Å². The van der Waals surface area contributed by atoms with Crippen molar-refractivity contribution in [2.24, 2.45) is 0 Å². The fourth-order valence-electron chi connectivity index (χ4n) is 1.43. The largest absolute Gasteiger partial charge is 0.376 e. The third-order valence-electron chi connectivity index (χ3n) is 2.18. The molecule has 1 N–H and O–H groups in total. The lowest BCUT2D eigenvalue weighted by molar-refractivity contribution is 0.0854. The van der Waals surface area contributed by atoms with Gasteiger partial charge in [-0.1, -0.05) is 0 Å². The van der Waals surface area contributed by atoms with Gasteiger partial charge in [0.15, 0.2) is 0 Å². The summed E-state index contributed by atoms with van der Waals surface area (Å²) < 4.78 is 5.39. The number of aromatic nitrogens is 1. The molecule has 0 spiro atoms. The van der Waals surface area contributed by atoms with Crippen LogP contribution in [0.5, 0.6) is 0 Å². The fourth-order valence-corrected chi connectivity index (χ4v) is 1.96. The van der Waals surface area contributed by atoms with E-state index < -0.39 is 0 Å². The molecule has 0 saturated carbocycles. The number of rotatable bonds is 3. The second-order valence-electron chi connectivity index (χ2n) is 3.22. The van der Waals surface area contributed by atoms with Crippen LogP contribution in [0, 0.1) is 0 Å². The molecule has 1 fully saturated rings. The van der Waals surface area contributed by atoms with Crippen molar-refractivity contribution < 1.29 is 9.53 Å². The van der Waals surface area contributed by atoms with Gasteiger partial charge in [-0.3, -0.25) is 4.79 Å². The Hall–Kier alpha value is -0.940. The summed E-state index contributed by atoms with van der Waals surface area (Å²) in [7, 11) is 0. The molecule has 1 aromatic rings. The maximum atomic E-state index is 11.4. The summed E-state index contributed by atoms with van der Waals surface area (Å²) >= 11 is 1.42. The van der Waals surface area contributed by atoms with Crippen molar-refractivity contribution in [1.82, 2.24) is 10.3 Å². The van der Waals surface area contributed by atoms with Crippen LogP contribution >= 0.6 is 11.3 Å². The van der Waals surface area contributed by atoms with Crippen LogP contribution in [-0.2, 0) is 4.74 Å². The molecule has 1 aliphatic heterocycles. The Bertz CT molecular complexity index is 294. The van der Waals surface area contributed by atoms with Crippen molar-refractivity contribution >= 4 is 17.2 Å². The zero-order valence-electron chi connectivity index (χ0n) is 7.73. The van der Waals surface area contributed by atoms with Crippen LogP contribution in [0.4, 0.5) is 0 Å². The van der Waals surface area contributed by atoms with E-state index in [2.05, 4.69) is 10.3 Å². The van der Waals surface area contributed by atoms with Gasteiger partial charge in [-0.2, -0.15) is 0 Å². The van der Waals surface area contributed by atoms with E-state index in [9.17, 15) is 4.79 Å². The lowest BCUT2D eigenvalue weighted by Gasteiger charge is -2.09. The molecule has 4 nitrogen and oxygen atoms in total. The van der Waals surface area contributed by atoms with Crippen LogP contribution in [-0.4, -0.2) is 30.1 Å². The average molecular weight is 212 g/mol. The Morgan fingerprint density at radius 2 is 2.71 bits per heavy atom. The van der Waals surface area contributed by atoms with Crippen molar-refractivity contribution in [3.63, 3.8) is 0 Å². The molecular formula is C9H12N2O2S. The molecule has 1 amide bonds. The number of amides is 1. The maximum absolute atomic E-state index is 11.4. The number of nitrogens with zero attached hydrogens (tertiary/aromatic N) is 1. The van der Waals surface area contributed by atoms with Gasteiger partial charge in [0.25, 0.3) is 5.91 Å². The van der Waals surface area contributed by atoms with Crippen molar-refractivity contribution in [3.8, 4) is 0 Å². The zero-order chi connectivity index (χ0) is 9.80. The fraction of sp³-hybridized carbons (Fsp3) is 0.556. The molecule has 0 aliphatic carbocycles. The van der Waals surface area contributed by atoms with Crippen LogP contribution in [0.1, 0.15) is 23.3 Å². The highest BCUT2D eigenvalue weighted by molar-refractivity contribution is 7.07. The number of carbonyl (C=O) groups excluding carboxylic acids is 1. The first-order chi connectivity index (χ1) is 6.86. The third kappa shape index (κ3) is 2.30. The Morgan fingerprint density at radius 3 is 3.36 bits per heavy atom. The number of ether oxygens (including phenoxy) is 1. The zero-order valence-corrected chi connectivity index (χ0v) is 8.55. The van der Waals surface area contributed by atoms with Gasteiger partial charge in [0.2, 0.25) is 0 Å².